The lowest BCUT2D eigenvalue weighted by atomic mass is 9.98. The highest BCUT2D eigenvalue weighted by molar-refractivity contribution is 5.94. The molecule has 0 saturated carbocycles. The summed E-state index contributed by atoms with van der Waals surface area (Å²) in [5, 5.41) is 109. The van der Waals surface area contributed by atoms with Crippen LogP contribution >= 0.6 is 0 Å². The van der Waals surface area contributed by atoms with E-state index in [4.69, 9.17) is 18.9 Å². The summed E-state index contributed by atoms with van der Waals surface area (Å²) in [7, 11) is 0. The molecule has 2 rings (SSSR count). The number of aliphatic hydroxyl groups excluding tert-OH is 10. The minimum absolute atomic E-state index is 0.412. The summed E-state index contributed by atoms with van der Waals surface area (Å²) in [6, 6.07) is -2.89. The highest BCUT2D eigenvalue weighted by atomic mass is 16.7. The third-order valence-electron chi connectivity index (χ3n) is 10.1. The minimum Gasteiger partial charge on any atom is -0.394 e. The highest BCUT2D eigenvalue weighted by Crippen LogP contribution is 2.24. The number of hydrogen-bond acceptors (Lipinski definition) is 16. The first-order chi connectivity index (χ1) is 43.8. The Hall–Kier alpha value is -12.2. The van der Waals surface area contributed by atoms with Gasteiger partial charge in [-0.15, -0.1) is 0 Å². The van der Waals surface area contributed by atoms with Crippen LogP contribution < -0.4 is 10.6 Å². The monoisotopic (exact) mass is 1190 g/mol. The first kappa shape index (κ1) is 73.9. The number of aliphatic hydroxyl groups is 10. The average Bonchev–Trinajstić information content (AvgIpc) is 3.20. The van der Waals surface area contributed by atoms with Gasteiger partial charge in [-0.05, 0) is 216 Å². The van der Waals surface area contributed by atoms with Crippen LogP contribution in [0.4, 0.5) is 0 Å². The molecule has 0 aliphatic carbocycles. The second kappa shape index (κ2) is 48.1. The molecule has 0 bridgehead atoms. The van der Waals surface area contributed by atoms with E-state index in [0.717, 1.165) is 0 Å². The van der Waals surface area contributed by atoms with E-state index in [0.29, 0.717) is 0 Å². The molecule has 18 nitrogen and oxygen atoms in total. The smallest absolute Gasteiger partial charge is 0.297 e. The van der Waals surface area contributed by atoms with Crippen molar-refractivity contribution in [1.82, 2.24) is 10.6 Å². The number of nitrogens with one attached hydrogen (secondary N) is 2. The van der Waals surface area contributed by atoms with Gasteiger partial charge < -0.3 is 80.6 Å². The van der Waals surface area contributed by atoms with Gasteiger partial charge in [-0.3, -0.25) is 9.59 Å². The minimum atomic E-state index is -1.87. The average molecular weight is 1190 g/mol. The molecule has 4 unspecified atom stereocenters. The summed E-state index contributed by atoms with van der Waals surface area (Å²) in [5.41, 5.74) is 0. The molecule has 12 N–H and O–H groups in total. The van der Waals surface area contributed by atoms with Crippen molar-refractivity contribution in [3.05, 3.63) is 0 Å². The number of carbonyl (C=O) groups is 2. The molecule has 438 valence electrons. The molecule has 90 heavy (non-hydrogen) atoms. The van der Waals surface area contributed by atoms with Crippen LogP contribution in [0, 0.1) is 284 Å². The molecular weight excluding hydrogens is 1150 g/mol. The largest absolute Gasteiger partial charge is 0.394 e. The van der Waals surface area contributed by atoms with Crippen molar-refractivity contribution in [2.75, 3.05) is 26.4 Å². The Morgan fingerprint density at radius 1 is 0.344 bits per heavy atom. The van der Waals surface area contributed by atoms with Crippen LogP contribution in [0.25, 0.3) is 0 Å². The van der Waals surface area contributed by atoms with Gasteiger partial charge in [0.1, 0.15) is 48.8 Å². The Kier molecular flexibility index (Phi) is 39.5. The van der Waals surface area contributed by atoms with E-state index in [1.54, 1.807) is 13.8 Å². The molecular formula is C72H44N2O16. The Morgan fingerprint density at radius 3 is 0.767 bits per heavy atom. The van der Waals surface area contributed by atoms with Crippen molar-refractivity contribution in [1.29, 1.82) is 0 Å². The van der Waals surface area contributed by atoms with Gasteiger partial charge in [-0.1, -0.05) is 11.8 Å². The summed E-state index contributed by atoms with van der Waals surface area (Å²) in [4.78, 5) is 26.0. The predicted molar refractivity (Wildman–Crippen MR) is 323 cm³/mol. The maximum atomic E-state index is 13.0. The molecule has 2 aliphatic rings. The number of amides is 2. The van der Waals surface area contributed by atoms with Crippen LogP contribution in [0.15, 0.2) is 0 Å². The maximum Gasteiger partial charge on any atom is 0.297 e. The van der Waals surface area contributed by atoms with Crippen molar-refractivity contribution in [2.24, 2.45) is 0 Å². The Bertz CT molecular complexity index is 4030. The van der Waals surface area contributed by atoms with Crippen molar-refractivity contribution >= 4 is 11.8 Å². The highest BCUT2D eigenvalue weighted by Gasteiger charge is 2.46. The van der Waals surface area contributed by atoms with Gasteiger partial charge in [0.05, 0.1) is 50.7 Å². The molecule has 2 fully saturated rings. The lowest BCUT2D eigenvalue weighted by Crippen LogP contribution is -2.60. The van der Waals surface area contributed by atoms with Crippen molar-refractivity contribution in [2.45, 2.75) is 112 Å². The summed E-state index contributed by atoms with van der Waals surface area (Å²) >= 11 is 0. The van der Waals surface area contributed by atoms with E-state index in [2.05, 4.69) is 295 Å². The van der Waals surface area contributed by atoms with E-state index in [9.17, 15) is 60.7 Å². The summed E-state index contributed by atoms with van der Waals surface area (Å²) < 4.78 is 21.9. The maximum absolute atomic E-state index is 13.0. The van der Waals surface area contributed by atoms with Gasteiger partial charge in [-0.25, -0.2) is 0 Å². The fourth-order valence-corrected chi connectivity index (χ4v) is 6.01. The zero-order valence-corrected chi connectivity index (χ0v) is 47.2. The Balaban J connectivity index is 2.24. The molecule has 14 atom stereocenters. The molecule has 0 aromatic heterocycles. The zero-order valence-electron chi connectivity index (χ0n) is 47.2. The van der Waals surface area contributed by atoms with Crippen LogP contribution in [0.5, 0.6) is 0 Å². The topological polar surface area (TPSA) is 297 Å². The number of ether oxygens (including phenoxy) is 4. The molecule has 2 heterocycles. The number of carbonyl (C=O) groups excluding carboxylic acids is 2. The van der Waals surface area contributed by atoms with E-state index < -0.39 is 137 Å². The standard InChI is InChI=1S/C72H44N2O16/c1-3-5-7-9-11-13-15-17-19-21-23-25-27-29-31-33-35-37-39-41-43-45-47-49-63(79)73-57(55-87-71-69(85)67(83)65(81)61(53-75)89-71)59(77)51-52-60(78)58(56-88-72-70(86)68(84)66(82)62(54-76)90-72)74-64(80)50-48-46-44-42-40-38-36-34-32-30-28-26-24-22-20-18-16-14-12-10-8-6-4-2/h57-62,65-72,75-78,81-86H,51-56H2,1-2H3,(H,73,79)(H,74,80)/t57-,58-,59+,60+,61?,62?,65-,66-,67-,68-,69?,70?,71-,72-/m0/s1. The van der Waals surface area contributed by atoms with E-state index in [-0.39, 0.29) is 0 Å². The normalized spacial score (nSPS) is 19.2. The SMILES string of the molecule is CC#CC#CC#CC#CC#CC#CC#CC#CC#CC#CC#CC#CC(=O)N[C@@H](CO[C@H]1OC(CO)[C@H](O)[C@H](O)C1O)[C@H](O)CC[C@@H](O)[C@H](CO[C@H]1OC(CO)[C@H](O)[C@H](O)C1O)NC(=O)C#CC#CC#CC#CC#CC#CC#CC#CC#CC#CC#CC#CC. The van der Waals surface area contributed by atoms with Gasteiger partial charge in [0, 0.05) is 82.9 Å². The Labute approximate surface area is 522 Å². The first-order valence-electron chi connectivity index (χ1n) is 25.5. The van der Waals surface area contributed by atoms with Crippen LogP contribution in [0.3, 0.4) is 0 Å². The fraction of sp³-hybridized carbons (Fsp3) is 0.306. The molecule has 2 amide bonds. The van der Waals surface area contributed by atoms with Crippen LogP contribution in [0.1, 0.15) is 26.7 Å². The van der Waals surface area contributed by atoms with Crippen molar-refractivity contribution < 1.29 is 79.6 Å². The molecule has 2 aliphatic heterocycles. The summed E-state index contributed by atoms with van der Waals surface area (Å²) in [6.45, 7) is 0.341. The third kappa shape index (κ3) is 33.3. The van der Waals surface area contributed by atoms with Gasteiger partial charge in [0.25, 0.3) is 11.8 Å². The van der Waals surface area contributed by atoms with Crippen LogP contribution in [-0.2, 0) is 28.5 Å². The lowest BCUT2D eigenvalue weighted by molar-refractivity contribution is -0.303. The van der Waals surface area contributed by atoms with Gasteiger partial charge in [-0.2, -0.15) is 0 Å². The Morgan fingerprint density at radius 2 is 0.556 bits per heavy atom. The van der Waals surface area contributed by atoms with Gasteiger partial charge in [0.2, 0.25) is 0 Å². The van der Waals surface area contributed by atoms with E-state index in [1.165, 1.54) is 0 Å². The lowest BCUT2D eigenvalue weighted by Gasteiger charge is -2.40. The number of rotatable bonds is 15. The fourth-order valence-electron chi connectivity index (χ4n) is 6.01. The number of hydrogen-bond donors (Lipinski definition) is 12. The van der Waals surface area contributed by atoms with Crippen molar-refractivity contribution in [3.8, 4) is 284 Å². The van der Waals surface area contributed by atoms with Gasteiger partial charge in [0.15, 0.2) is 12.6 Å². The summed E-state index contributed by atoms with van der Waals surface area (Å²) in [6.07, 6.45) is -21.2. The zero-order chi connectivity index (χ0) is 65.7. The molecule has 0 spiro atoms. The molecule has 18 heteroatoms. The van der Waals surface area contributed by atoms with Crippen LogP contribution in [-0.4, -0.2) is 175 Å². The second-order valence-electron chi connectivity index (χ2n) is 16.2. The first-order valence-corrected chi connectivity index (χ1v) is 25.5. The molecule has 0 radical (unpaired) electrons. The predicted octanol–water partition coefficient (Wildman–Crippen LogP) is -6.79. The van der Waals surface area contributed by atoms with E-state index >= 15 is 0 Å². The van der Waals surface area contributed by atoms with E-state index in [1.807, 2.05) is 0 Å². The van der Waals surface area contributed by atoms with Crippen LogP contribution in [0.2, 0.25) is 0 Å². The van der Waals surface area contributed by atoms with Gasteiger partial charge >= 0.3 is 0 Å². The second-order valence-corrected chi connectivity index (χ2v) is 16.2. The summed E-state index contributed by atoms with van der Waals surface area (Å²) in [5.74, 6) is 115. The molecule has 0 aromatic rings. The third-order valence-corrected chi connectivity index (χ3v) is 10.1. The molecule has 2 saturated heterocycles. The molecule has 0 aromatic carbocycles. The van der Waals surface area contributed by atoms with Crippen molar-refractivity contribution in [3.63, 3.8) is 0 Å². The quantitative estimate of drug-likeness (QED) is 0.0679.